The maximum atomic E-state index is 12.8. The molecule has 1 amide bonds. The van der Waals surface area contributed by atoms with Gasteiger partial charge in [-0.1, -0.05) is 6.07 Å². The van der Waals surface area contributed by atoms with Crippen molar-refractivity contribution in [3.63, 3.8) is 0 Å². The second-order valence-corrected chi connectivity index (χ2v) is 7.00. The minimum absolute atomic E-state index is 0.0680. The fourth-order valence-electron chi connectivity index (χ4n) is 3.68. The molecule has 142 valence electrons. The number of benzene rings is 1. The van der Waals surface area contributed by atoms with Crippen LogP contribution in [0.2, 0.25) is 0 Å². The number of amides is 1. The van der Waals surface area contributed by atoms with E-state index in [1.807, 2.05) is 41.3 Å². The molecule has 4 rings (SSSR count). The fourth-order valence-corrected chi connectivity index (χ4v) is 3.68. The molecule has 0 unspecified atom stereocenters. The molecule has 0 saturated carbocycles. The molecular weight excluding hydrogens is 350 g/mol. The number of aromatic nitrogens is 2. The van der Waals surface area contributed by atoms with Gasteiger partial charge in [0.1, 0.15) is 5.75 Å². The summed E-state index contributed by atoms with van der Waals surface area (Å²) in [6, 6.07) is 17.6. The van der Waals surface area contributed by atoms with Crippen molar-refractivity contribution >= 4 is 5.91 Å². The summed E-state index contributed by atoms with van der Waals surface area (Å²) in [4.78, 5) is 23.6. The molecule has 28 heavy (non-hydrogen) atoms. The van der Waals surface area contributed by atoms with Gasteiger partial charge in [0.2, 0.25) is 0 Å². The van der Waals surface area contributed by atoms with Crippen molar-refractivity contribution in [1.29, 1.82) is 0 Å². The molecule has 0 radical (unpaired) electrons. The topological polar surface area (TPSA) is 55.3 Å². The van der Waals surface area contributed by atoms with Crippen molar-refractivity contribution in [1.82, 2.24) is 14.9 Å². The molecule has 0 aliphatic carbocycles. The van der Waals surface area contributed by atoms with E-state index >= 15 is 0 Å². The Hall–Kier alpha value is -3.21. The third-order valence-corrected chi connectivity index (χ3v) is 5.21. The number of ether oxygens (including phenoxy) is 1. The first kappa shape index (κ1) is 18.2. The van der Waals surface area contributed by atoms with Crippen molar-refractivity contribution in [2.75, 3.05) is 20.2 Å². The van der Waals surface area contributed by atoms with Crippen LogP contribution in [0.5, 0.6) is 5.75 Å². The van der Waals surface area contributed by atoms with Gasteiger partial charge in [0.25, 0.3) is 5.91 Å². The van der Waals surface area contributed by atoms with Crippen LogP contribution in [0, 0.1) is 0 Å². The number of carbonyl (C=O) groups is 1. The average molecular weight is 373 g/mol. The molecular formula is C23H23N3O2. The SMILES string of the molecule is COc1ccc(-c2cccc([C@@H]3CCCN(C(=O)c4ccncc4)C3)n2)cc1. The summed E-state index contributed by atoms with van der Waals surface area (Å²) in [6.07, 6.45) is 5.35. The monoisotopic (exact) mass is 373 g/mol. The summed E-state index contributed by atoms with van der Waals surface area (Å²) in [5, 5.41) is 0. The van der Waals surface area contributed by atoms with Gasteiger partial charge in [-0.3, -0.25) is 14.8 Å². The van der Waals surface area contributed by atoms with Crippen molar-refractivity contribution < 1.29 is 9.53 Å². The smallest absolute Gasteiger partial charge is 0.253 e. The van der Waals surface area contributed by atoms with Crippen molar-refractivity contribution in [2.45, 2.75) is 18.8 Å². The number of carbonyl (C=O) groups excluding carboxylic acids is 1. The molecule has 0 bridgehead atoms. The maximum Gasteiger partial charge on any atom is 0.253 e. The quantitative estimate of drug-likeness (QED) is 0.689. The summed E-state index contributed by atoms with van der Waals surface area (Å²) in [7, 11) is 1.66. The molecule has 5 nitrogen and oxygen atoms in total. The number of hydrogen-bond donors (Lipinski definition) is 0. The second-order valence-electron chi connectivity index (χ2n) is 7.00. The van der Waals surface area contributed by atoms with E-state index in [0.717, 1.165) is 42.1 Å². The highest BCUT2D eigenvalue weighted by Crippen LogP contribution is 2.29. The number of methoxy groups -OCH3 is 1. The third kappa shape index (κ3) is 3.88. The van der Waals surface area contributed by atoms with Crippen LogP contribution in [0.15, 0.2) is 67.0 Å². The predicted octanol–water partition coefficient (Wildman–Crippen LogP) is 4.17. The van der Waals surface area contributed by atoms with Crippen LogP contribution < -0.4 is 4.74 Å². The summed E-state index contributed by atoms with van der Waals surface area (Å²) in [6.45, 7) is 1.48. The van der Waals surface area contributed by atoms with E-state index < -0.39 is 0 Å². The Kier molecular flexibility index (Phi) is 5.33. The summed E-state index contributed by atoms with van der Waals surface area (Å²) >= 11 is 0. The first-order valence-corrected chi connectivity index (χ1v) is 9.55. The predicted molar refractivity (Wildman–Crippen MR) is 108 cm³/mol. The number of piperidine rings is 1. The van der Waals surface area contributed by atoms with Crippen molar-refractivity contribution in [3.8, 4) is 17.0 Å². The van der Waals surface area contributed by atoms with Gasteiger partial charge >= 0.3 is 0 Å². The van der Waals surface area contributed by atoms with Gasteiger partial charge < -0.3 is 9.64 Å². The molecule has 1 atom stereocenters. The van der Waals surface area contributed by atoms with E-state index in [1.165, 1.54) is 0 Å². The van der Waals surface area contributed by atoms with Crippen LogP contribution in [-0.4, -0.2) is 41.0 Å². The standard InChI is InChI=1S/C23H23N3O2/c1-28-20-9-7-17(8-10-20)21-5-2-6-22(25-21)19-4-3-15-26(16-19)23(27)18-11-13-24-14-12-18/h2,5-14,19H,3-4,15-16H2,1H3/t19-/m1/s1. The van der Waals surface area contributed by atoms with Gasteiger partial charge in [0.15, 0.2) is 0 Å². The number of likely N-dealkylation sites (tertiary alicyclic amines) is 1. The Bertz CT molecular complexity index is 942. The molecule has 3 heterocycles. The van der Waals surface area contributed by atoms with Crippen LogP contribution in [0.1, 0.15) is 34.8 Å². The van der Waals surface area contributed by atoms with Gasteiger partial charge in [-0.2, -0.15) is 0 Å². The lowest BCUT2D eigenvalue weighted by molar-refractivity contribution is 0.0706. The first-order chi connectivity index (χ1) is 13.7. The first-order valence-electron chi connectivity index (χ1n) is 9.55. The van der Waals surface area contributed by atoms with Gasteiger partial charge in [-0.15, -0.1) is 0 Å². The van der Waals surface area contributed by atoms with Crippen LogP contribution in [0.3, 0.4) is 0 Å². The Labute approximate surface area is 165 Å². The highest BCUT2D eigenvalue weighted by Gasteiger charge is 2.26. The van der Waals surface area contributed by atoms with E-state index in [9.17, 15) is 4.79 Å². The molecule has 1 aliphatic heterocycles. The Balaban J connectivity index is 1.53. The zero-order valence-electron chi connectivity index (χ0n) is 15.9. The van der Waals surface area contributed by atoms with Crippen LogP contribution >= 0.6 is 0 Å². The van der Waals surface area contributed by atoms with E-state index in [-0.39, 0.29) is 11.8 Å². The van der Waals surface area contributed by atoms with E-state index in [1.54, 1.807) is 31.6 Å². The van der Waals surface area contributed by atoms with E-state index in [2.05, 4.69) is 11.1 Å². The highest BCUT2D eigenvalue weighted by atomic mass is 16.5. The lowest BCUT2D eigenvalue weighted by atomic mass is 9.93. The lowest BCUT2D eigenvalue weighted by Gasteiger charge is -2.32. The molecule has 1 aromatic carbocycles. The lowest BCUT2D eigenvalue weighted by Crippen LogP contribution is -2.39. The highest BCUT2D eigenvalue weighted by molar-refractivity contribution is 5.94. The summed E-state index contributed by atoms with van der Waals surface area (Å²) < 4.78 is 5.23. The summed E-state index contributed by atoms with van der Waals surface area (Å²) in [5.74, 6) is 1.15. The molecule has 0 spiro atoms. The van der Waals surface area contributed by atoms with Gasteiger partial charge in [-0.25, -0.2) is 0 Å². The molecule has 1 fully saturated rings. The van der Waals surface area contributed by atoms with Crippen LogP contribution in [0.25, 0.3) is 11.3 Å². The van der Waals surface area contributed by atoms with Gasteiger partial charge in [0.05, 0.1) is 12.8 Å². The van der Waals surface area contributed by atoms with Crippen LogP contribution in [0.4, 0.5) is 0 Å². The second kappa shape index (κ2) is 8.21. The van der Waals surface area contributed by atoms with Crippen molar-refractivity contribution in [2.24, 2.45) is 0 Å². The Morgan fingerprint density at radius 3 is 2.61 bits per heavy atom. The molecule has 2 aromatic heterocycles. The van der Waals surface area contributed by atoms with Crippen LogP contribution in [-0.2, 0) is 0 Å². The molecule has 1 aliphatic rings. The average Bonchev–Trinajstić information content (AvgIpc) is 2.79. The fraction of sp³-hybridized carbons (Fsp3) is 0.261. The summed E-state index contributed by atoms with van der Waals surface area (Å²) in [5.41, 5.74) is 3.73. The molecule has 5 heteroatoms. The zero-order valence-corrected chi connectivity index (χ0v) is 15.9. The zero-order chi connectivity index (χ0) is 19.3. The number of hydrogen-bond acceptors (Lipinski definition) is 4. The third-order valence-electron chi connectivity index (χ3n) is 5.21. The minimum Gasteiger partial charge on any atom is -0.497 e. The van der Waals surface area contributed by atoms with Gasteiger partial charge in [0, 0.05) is 48.2 Å². The minimum atomic E-state index is 0.0680. The number of nitrogens with zero attached hydrogens (tertiary/aromatic N) is 3. The number of rotatable bonds is 4. The molecule has 1 saturated heterocycles. The van der Waals surface area contributed by atoms with Gasteiger partial charge in [-0.05, 0) is 61.4 Å². The van der Waals surface area contributed by atoms with E-state index in [0.29, 0.717) is 12.1 Å². The number of pyridine rings is 2. The maximum absolute atomic E-state index is 12.8. The molecule has 0 N–H and O–H groups in total. The van der Waals surface area contributed by atoms with Crippen molar-refractivity contribution in [3.05, 3.63) is 78.2 Å². The Morgan fingerprint density at radius 2 is 1.86 bits per heavy atom. The largest absolute Gasteiger partial charge is 0.497 e. The normalized spacial score (nSPS) is 16.6. The molecule has 3 aromatic rings. The Morgan fingerprint density at radius 1 is 1.07 bits per heavy atom. The van der Waals surface area contributed by atoms with E-state index in [4.69, 9.17) is 9.72 Å².